The minimum Gasteiger partial charge on any atom is -0.458 e. The van der Waals surface area contributed by atoms with E-state index in [1.165, 1.54) is 12.2 Å². The van der Waals surface area contributed by atoms with Crippen molar-refractivity contribution in [2.24, 2.45) is 11.3 Å². The maximum absolute atomic E-state index is 12.8. The summed E-state index contributed by atoms with van der Waals surface area (Å²) < 4.78 is 10.3. The molecule has 0 spiro atoms. The highest BCUT2D eigenvalue weighted by atomic mass is 16.6. The zero-order chi connectivity index (χ0) is 18.3. The van der Waals surface area contributed by atoms with Crippen LogP contribution in [0.2, 0.25) is 0 Å². The fourth-order valence-electron chi connectivity index (χ4n) is 5.32. The van der Waals surface area contributed by atoms with Gasteiger partial charge in [0, 0.05) is 12.5 Å². The molecule has 7 nitrogen and oxygen atoms in total. The minimum absolute atomic E-state index is 0.0962. The Labute approximate surface area is 146 Å². The van der Waals surface area contributed by atoms with Crippen LogP contribution in [0.5, 0.6) is 0 Å². The lowest BCUT2D eigenvalue weighted by Gasteiger charge is -2.62. The van der Waals surface area contributed by atoms with E-state index >= 15 is 0 Å². The molecule has 25 heavy (non-hydrogen) atoms. The third-order valence-electron chi connectivity index (χ3n) is 5.63. The zero-order valence-corrected chi connectivity index (χ0v) is 14.4. The predicted octanol–water partition coefficient (Wildman–Crippen LogP) is 0.456. The van der Waals surface area contributed by atoms with Crippen LogP contribution in [0.4, 0.5) is 0 Å². The van der Waals surface area contributed by atoms with Crippen molar-refractivity contribution < 1.29 is 34.4 Å². The standard InChI is InChI=1S/C18H26O7/c1-2-3-14(20)24-8-13(7-19)25-15(21)16-4-12-5-17(22,9-16)11-18(23,6-12)10-16/h2-3,12-13,19,22-23H,4-11H2,1H3. The van der Waals surface area contributed by atoms with E-state index in [4.69, 9.17) is 9.47 Å². The van der Waals surface area contributed by atoms with Crippen LogP contribution in [0.25, 0.3) is 0 Å². The number of aliphatic hydroxyl groups excluding tert-OH is 1. The van der Waals surface area contributed by atoms with Crippen molar-refractivity contribution in [3.8, 4) is 0 Å². The Kier molecular flexibility index (Phi) is 4.68. The number of ether oxygens (including phenoxy) is 2. The monoisotopic (exact) mass is 354 g/mol. The van der Waals surface area contributed by atoms with Crippen LogP contribution in [0.3, 0.4) is 0 Å². The van der Waals surface area contributed by atoms with Crippen molar-refractivity contribution in [2.45, 2.75) is 62.8 Å². The number of aliphatic hydroxyl groups is 3. The van der Waals surface area contributed by atoms with Gasteiger partial charge in [0.15, 0.2) is 6.10 Å². The summed E-state index contributed by atoms with van der Waals surface area (Å²) in [7, 11) is 0. The molecule has 0 aromatic rings. The Bertz CT molecular complexity index is 566. The van der Waals surface area contributed by atoms with Gasteiger partial charge in [-0.05, 0) is 44.9 Å². The molecule has 0 aromatic heterocycles. The molecule has 0 amide bonds. The third kappa shape index (κ3) is 3.59. The number of rotatable bonds is 6. The first-order valence-corrected chi connectivity index (χ1v) is 8.78. The van der Waals surface area contributed by atoms with Crippen molar-refractivity contribution in [2.75, 3.05) is 13.2 Å². The van der Waals surface area contributed by atoms with Crippen molar-refractivity contribution in [3.63, 3.8) is 0 Å². The zero-order valence-electron chi connectivity index (χ0n) is 14.4. The van der Waals surface area contributed by atoms with Crippen molar-refractivity contribution in [1.82, 2.24) is 0 Å². The van der Waals surface area contributed by atoms with Gasteiger partial charge in [-0.3, -0.25) is 4.79 Å². The highest BCUT2D eigenvalue weighted by Gasteiger charge is 2.66. The third-order valence-corrected chi connectivity index (χ3v) is 5.63. The second-order valence-corrected chi connectivity index (χ2v) is 8.08. The Morgan fingerprint density at radius 2 is 1.80 bits per heavy atom. The van der Waals surface area contributed by atoms with Gasteiger partial charge in [-0.1, -0.05) is 6.08 Å². The molecular weight excluding hydrogens is 328 g/mol. The first-order chi connectivity index (χ1) is 11.7. The summed E-state index contributed by atoms with van der Waals surface area (Å²) in [6.07, 6.45) is 4.44. The normalized spacial score (nSPS) is 40.2. The van der Waals surface area contributed by atoms with Crippen molar-refractivity contribution in [3.05, 3.63) is 12.2 Å². The molecule has 0 radical (unpaired) electrons. The molecule has 140 valence electrons. The van der Waals surface area contributed by atoms with E-state index in [1.54, 1.807) is 6.92 Å². The van der Waals surface area contributed by atoms with Gasteiger partial charge in [0.1, 0.15) is 6.61 Å². The van der Waals surface area contributed by atoms with Crippen LogP contribution >= 0.6 is 0 Å². The average molecular weight is 354 g/mol. The second kappa shape index (κ2) is 6.37. The highest BCUT2D eigenvalue weighted by Crippen LogP contribution is 2.63. The fourth-order valence-corrected chi connectivity index (χ4v) is 5.32. The molecule has 3 N–H and O–H groups in total. The van der Waals surface area contributed by atoms with E-state index < -0.39 is 41.3 Å². The van der Waals surface area contributed by atoms with Gasteiger partial charge < -0.3 is 24.8 Å². The van der Waals surface area contributed by atoms with Gasteiger partial charge in [-0.15, -0.1) is 0 Å². The van der Waals surface area contributed by atoms with E-state index in [9.17, 15) is 24.9 Å². The van der Waals surface area contributed by atoms with Crippen LogP contribution in [-0.4, -0.2) is 57.8 Å². The molecular formula is C18H26O7. The summed E-state index contributed by atoms with van der Waals surface area (Å²) in [6.45, 7) is 0.968. The quantitative estimate of drug-likeness (QED) is 0.469. The van der Waals surface area contributed by atoms with Crippen molar-refractivity contribution in [1.29, 1.82) is 0 Å². The molecule has 0 aromatic carbocycles. The molecule has 7 heteroatoms. The summed E-state index contributed by atoms with van der Waals surface area (Å²) in [4.78, 5) is 24.2. The summed E-state index contributed by atoms with van der Waals surface area (Å²) in [6, 6.07) is 0. The van der Waals surface area contributed by atoms with Crippen molar-refractivity contribution >= 4 is 11.9 Å². The largest absolute Gasteiger partial charge is 0.458 e. The lowest BCUT2D eigenvalue weighted by atomic mass is 9.46. The van der Waals surface area contributed by atoms with E-state index in [0.717, 1.165) is 0 Å². The van der Waals surface area contributed by atoms with E-state index in [0.29, 0.717) is 25.7 Å². The molecule has 0 heterocycles. The number of carbonyl (C=O) groups is 2. The average Bonchev–Trinajstić information content (AvgIpc) is 2.47. The summed E-state index contributed by atoms with van der Waals surface area (Å²) >= 11 is 0. The molecule has 4 fully saturated rings. The smallest absolute Gasteiger partial charge is 0.330 e. The van der Waals surface area contributed by atoms with Crippen LogP contribution in [0.15, 0.2) is 12.2 Å². The van der Waals surface area contributed by atoms with Gasteiger partial charge in [0.25, 0.3) is 0 Å². The van der Waals surface area contributed by atoms with Gasteiger partial charge in [-0.25, -0.2) is 4.79 Å². The van der Waals surface area contributed by atoms with E-state index in [-0.39, 0.29) is 25.4 Å². The molecule has 3 atom stereocenters. The van der Waals surface area contributed by atoms with Crippen LogP contribution in [0, 0.1) is 11.3 Å². The van der Waals surface area contributed by atoms with Crippen LogP contribution < -0.4 is 0 Å². The Morgan fingerprint density at radius 1 is 1.16 bits per heavy atom. The minimum atomic E-state index is -1.03. The number of allylic oxidation sites excluding steroid dienone is 1. The molecule has 4 aliphatic rings. The van der Waals surface area contributed by atoms with Crippen LogP contribution in [0.1, 0.15) is 45.4 Å². The Balaban J connectivity index is 1.67. The van der Waals surface area contributed by atoms with Gasteiger partial charge in [-0.2, -0.15) is 0 Å². The summed E-state index contributed by atoms with van der Waals surface area (Å²) in [5.74, 6) is -1.01. The number of hydrogen-bond donors (Lipinski definition) is 3. The summed E-state index contributed by atoms with van der Waals surface area (Å²) in [5.41, 5.74) is -2.98. The first kappa shape index (κ1) is 18.4. The SMILES string of the molecule is CC=CC(=O)OCC(CO)OC(=O)C12CC3CC(O)(CC(O)(C3)C1)C2. The maximum Gasteiger partial charge on any atom is 0.330 e. The number of esters is 2. The lowest BCUT2D eigenvalue weighted by Crippen LogP contribution is -2.65. The molecule has 4 rings (SSSR count). The Morgan fingerprint density at radius 3 is 2.32 bits per heavy atom. The molecule has 4 saturated carbocycles. The fraction of sp³-hybridized carbons (Fsp3) is 0.778. The molecule has 0 aliphatic heterocycles. The van der Waals surface area contributed by atoms with E-state index in [2.05, 4.69) is 0 Å². The van der Waals surface area contributed by atoms with Gasteiger partial charge in [0.05, 0.1) is 23.2 Å². The highest BCUT2D eigenvalue weighted by molar-refractivity contribution is 5.82. The Hall–Kier alpha value is -1.44. The number of hydrogen-bond acceptors (Lipinski definition) is 7. The lowest BCUT2D eigenvalue weighted by molar-refractivity contribution is -0.240. The molecule has 4 aliphatic carbocycles. The predicted molar refractivity (Wildman–Crippen MR) is 86.3 cm³/mol. The number of carbonyl (C=O) groups excluding carboxylic acids is 2. The van der Waals surface area contributed by atoms with Gasteiger partial charge in [0.2, 0.25) is 0 Å². The molecule has 4 bridgehead atoms. The summed E-state index contributed by atoms with van der Waals surface area (Å²) in [5, 5.41) is 30.8. The van der Waals surface area contributed by atoms with E-state index in [1.807, 2.05) is 0 Å². The first-order valence-electron chi connectivity index (χ1n) is 8.78. The topological polar surface area (TPSA) is 113 Å². The maximum atomic E-state index is 12.8. The second-order valence-electron chi connectivity index (χ2n) is 8.08. The van der Waals surface area contributed by atoms with Crippen LogP contribution in [-0.2, 0) is 19.1 Å². The molecule has 3 unspecified atom stereocenters. The van der Waals surface area contributed by atoms with Gasteiger partial charge >= 0.3 is 11.9 Å². The molecule has 0 saturated heterocycles.